The van der Waals surface area contributed by atoms with Crippen LogP contribution in [0.4, 0.5) is 5.69 Å². The van der Waals surface area contributed by atoms with E-state index in [9.17, 15) is 4.79 Å². The van der Waals surface area contributed by atoms with Crippen molar-refractivity contribution in [1.82, 2.24) is 4.90 Å². The van der Waals surface area contributed by atoms with E-state index in [1.165, 1.54) is 5.56 Å². The summed E-state index contributed by atoms with van der Waals surface area (Å²) in [6, 6.07) is 8.66. The molecule has 0 heterocycles. The molecule has 2 rings (SSSR count). The van der Waals surface area contributed by atoms with Crippen LogP contribution in [0.15, 0.2) is 24.3 Å². The summed E-state index contributed by atoms with van der Waals surface area (Å²) in [6.07, 6.45) is 3.59. The van der Waals surface area contributed by atoms with Crippen molar-refractivity contribution < 1.29 is 9.90 Å². The van der Waals surface area contributed by atoms with Crippen LogP contribution < -0.4 is 5.32 Å². The number of carboxylic acids is 1. The fourth-order valence-electron chi connectivity index (χ4n) is 2.91. The van der Waals surface area contributed by atoms with E-state index < -0.39 is 5.97 Å². The molecule has 2 N–H and O–H groups in total. The molecule has 110 valence electrons. The van der Waals surface area contributed by atoms with Gasteiger partial charge in [0.1, 0.15) is 0 Å². The minimum atomic E-state index is -0.655. The van der Waals surface area contributed by atoms with Crippen molar-refractivity contribution in [3.05, 3.63) is 29.8 Å². The Morgan fingerprint density at radius 2 is 2.20 bits per heavy atom. The number of carboxylic acid groups (broad SMARTS) is 1. The Morgan fingerprint density at radius 1 is 1.40 bits per heavy atom. The maximum absolute atomic E-state index is 11.1. The number of aliphatic carboxylic acids is 1. The number of nitrogens with one attached hydrogen (secondary N) is 1. The van der Waals surface area contributed by atoms with E-state index in [0.717, 1.165) is 37.9 Å². The molecule has 0 amide bonds. The van der Waals surface area contributed by atoms with Crippen LogP contribution in [0.2, 0.25) is 0 Å². The molecule has 0 bridgehead atoms. The zero-order valence-electron chi connectivity index (χ0n) is 12.3. The Bertz CT molecular complexity index is 460. The van der Waals surface area contributed by atoms with Crippen LogP contribution >= 0.6 is 0 Å². The summed E-state index contributed by atoms with van der Waals surface area (Å²) in [4.78, 5) is 13.2. The predicted molar refractivity (Wildman–Crippen MR) is 80.8 cm³/mol. The van der Waals surface area contributed by atoms with Crippen LogP contribution in [-0.2, 0) is 11.3 Å². The van der Waals surface area contributed by atoms with Crippen LogP contribution in [-0.4, -0.2) is 36.1 Å². The van der Waals surface area contributed by atoms with Gasteiger partial charge in [-0.2, -0.15) is 0 Å². The highest BCUT2D eigenvalue weighted by Crippen LogP contribution is 2.27. The van der Waals surface area contributed by atoms with Crippen molar-refractivity contribution in [3.8, 4) is 0 Å². The molecule has 1 aromatic rings. The third-order valence-corrected chi connectivity index (χ3v) is 3.82. The van der Waals surface area contributed by atoms with Crippen molar-refractivity contribution in [2.75, 3.05) is 19.4 Å². The highest BCUT2D eigenvalue weighted by Gasteiger charge is 2.26. The smallest absolute Gasteiger partial charge is 0.306 e. The Balaban J connectivity index is 1.97. The molecule has 0 aliphatic heterocycles. The van der Waals surface area contributed by atoms with Crippen LogP contribution in [0.5, 0.6) is 0 Å². The van der Waals surface area contributed by atoms with Crippen LogP contribution in [0.25, 0.3) is 0 Å². The second-order valence-electron chi connectivity index (χ2n) is 5.98. The summed E-state index contributed by atoms with van der Waals surface area (Å²) in [7, 11) is 4.11. The number of hydrogen-bond acceptors (Lipinski definition) is 3. The molecule has 0 saturated heterocycles. The van der Waals surface area contributed by atoms with Crippen molar-refractivity contribution in [2.45, 2.75) is 38.3 Å². The lowest BCUT2D eigenvalue weighted by Crippen LogP contribution is -2.30. The van der Waals surface area contributed by atoms with Gasteiger partial charge in [-0.1, -0.05) is 18.6 Å². The zero-order chi connectivity index (χ0) is 14.5. The van der Waals surface area contributed by atoms with Gasteiger partial charge in [0, 0.05) is 18.3 Å². The summed E-state index contributed by atoms with van der Waals surface area (Å²) in [6.45, 7) is 0.915. The normalized spacial score (nSPS) is 22.8. The molecule has 1 aliphatic carbocycles. The maximum Gasteiger partial charge on any atom is 0.306 e. The summed E-state index contributed by atoms with van der Waals surface area (Å²) < 4.78 is 0. The van der Waals surface area contributed by atoms with Crippen LogP contribution in [0, 0.1) is 5.92 Å². The number of nitrogens with zero attached hydrogens (tertiary/aromatic N) is 1. The third kappa shape index (κ3) is 4.23. The first-order chi connectivity index (χ1) is 9.54. The van der Waals surface area contributed by atoms with E-state index >= 15 is 0 Å². The fourth-order valence-corrected chi connectivity index (χ4v) is 2.91. The average Bonchev–Trinajstić information content (AvgIpc) is 2.38. The van der Waals surface area contributed by atoms with Crippen LogP contribution in [0.1, 0.15) is 31.2 Å². The third-order valence-electron chi connectivity index (χ3n) is 3.82. The lowest BCUT2D eigenvalue weighted by atomic mass is 9.85. The number of hydrogen-bond donors (Lipinski definition) is 2. The zero-order valence-corrected chi connectivity index (χ0v) is 12.3. The SMILES string of the molecule is CN(C)Cc1cccc(NC2CCCC(C(=O)O)C2)c1. The van der Waals surface area contributed by atoms with Crippen molar-refractivity contribution in [3.63, 3.8) is 0 Å². The Morgan fingerprint density at radius 3 is 2.90 bits per heavy atom. The minimum Gasteiger partial charge on any atom is -0.481 e. The largest absolute Gasteiger partial charge is 0.481 e. The quantitative estimate of drug-likeness (QED) is 0.868. The number of carbonyl (C=O) groups is 1. The monoisotopic (exact) mass is 276 g/mol. The maximum atomic E-state index is 11.1. The van der Waals surface area contributed by atoms with E-state index in [0.29, 0.717) is 0 Å². The number of rotatable bonds is 5. The van der Waals surface area contributed by atoms with E-state index in [-0.39, 0.29) is 12.0 Å². The van der Waals surface area contributed by atoms with Gasteiger partial charge in [-0.3, -0.25) is 4.79 Å². The molecule has 0 spiro atoms. The van der Waals surface area contributed by atoms with E-state index in [1.54, 1.807) is 0 Å². The summed E-state index contributed by atoms with van der Waals surface area (Å²) in [5.41, 5.74) is 2.37. The molecule has 0 aromatic heterocycles. The molecule has 2 unspecified atom stereocenters. The van der Waals surface area contributed by atoms with Gasteiger partial charge >= 0.3 is 5.97 Å². The fraction of sp³-hybridized carbons (Fsp3) is 0.562. The van der Waals surface area contributed by atoms with Crippen molar-refractivity contribution >= 4 is 11.7 Å². The first-order valence-electron chi connectivity index (χ1n) is 7.27. The topological polar surface area (TPSA) is 52.6 Å². The van der Waals surface area contributed by atoms with Gasteiger partial charge in [-0.15, -0.1) is 0 Å². The van der Waals surface area contributed by atoms with Gasteiger partial charge in [0.05, 0.1) is 5.92 Å². The van der Waals surface area contributed by atoms with Gasteiger partial charge in [-0.05, 0) is 51.1 Å². The molecule has 1 aromatic carbocycles. The van der Waals surface area contributed by atoms with E-state index in [4.69, 9.17) is 5.11 Å². The Labute approximate surface area is 120 Å². The highest BCUT2D eigenvalue weighted by atomic mass is 16.4. The summed E-state index contributed by atoms with van der Waals surface area (Å²) >= 11 is 0. The lowest BCUT2D eigenvalue weighted by Gasteiger charge is -2.28. The molecular weight excluding hydrogens is 252 g/mol. The van der Waals surface area contributed by atoms with Crippen LogP contribution in [0.3, 0.4) is 0 Å². The molecule has 20 heavy (non-hydrogen) atoms. The van der Waals surface area contributed by atoms with E-state index in [2.05, 4.69) is 48.6 Å². The predicted octanol–water partition coefficient (Wildman–Crippen LogP) is 2.80. The van der Waals surface area contributed by atoms with Gasteiger partial charge in [0.25, 0.3) is 0 Å². The highest BCUT2D eigenvalue weighted by molar-refractivity contribution is 5.70. The minimum absolute atomic E-state index is 0.189. The summed E-state index contributed by atoms with van der Waals surface area (Å²) in [5, 5.41) is 12.6. The molecular formula is C16H24N2O2. The molecule has 1 aliphatic rings. The first kappa shape index (κ1) is 14.9. The second-order valence-corrected chi connectivity index (χ2v) is 5.98. The standard InChI is InChI=1S/C16H24N2O2/c1-18(2)11-12-5-3-7-14(9-12)17-15-8-4-6-13(10-15)16(19)20/h3,5,7,9,13,15,17H,4,6,8,10-11H2,1-2H3,(H,19,20). The van der Waals surface area contributed by atoms with Gasteiger partial charge in [-0.25, -0.2) is 0 Å². The molecule has 1 fully saturated rings. The van der Waals surface area contributed by atoms with E-state index in [1.807, 2.05) is 0 Å². The van der Waals surface area contributed by atoms with Crippen molar-refractivity contribution in [1.29, 1.82) is 0 Å². The lowest BCUT2D eigenvalue weighted by molar-refractivity contribution is -0.142. The molecule has 4 heteroatoms. The molecule has 0 radical (unpaired) electrons. The molecule has 1 saturated carbocycles. The van der Waals surface area contributed by atoms with Gasteiger partial charge in [0.15, 0.2) is 0 Å². The first-order valence-corrected chi connectivity index (χ1v) is 7.27. The Kier molecular flexibility index (Phi) is 5.01. The Hall–Kier alpha value is -1.55. The molecule has 2 atom stereocenters. The van der Waals surface area contributed by atoms with Crippen molar-refractivity contribution in [2.24, 2.45) is 5.92 Å². The second kappa shape index (κ2) is 6.75. The number of benzene rings is 1. The summed E-state index contributed by atoms with van der Waals surface area (Å²) in [5.74, 6) is -0.843. The van der Waals surface area contributed by atoms with Gasteiger partial charge < -0.3 is 15.3 Å². The molecule has 4 nitrogen and oxygen atoms in total. The van der Waals surface area contributed by atoms with Gasteiger partial charge in [0.2, 0.25) is 0 Å². The number of anilines is 1. The average molecular weight is 276 g/mol.